The average molecular weight is 326 g/mol. The zero-order valence-electron chi connectivity index (χ0n) is 12.3. The van der Waals surface area contributed by atoms with Crippen LogP contribution < -0.4 is 10.6 Å². The number of aromatic nitrogens is 1. The Kier molecular flexibility index (Phi) is 4.29. The van der Waals surface area contributed by atoms with Crippen molar-refractivity contribution in [1.29, 1.82) is 0 Å². The zero-order chi connectivity index (χ0) is 16.2. The molecule has 23 heavy (non-hydrogen) atoms. The molecule has 3 rings (SSSR count). The minimum Gasteiger partial charge on any atom is -0.362 e. The number of nitrogens with one attached hydrogen (secondary N) is 3. The van der Waals surface area contributed by atoms with E-state index in [2.05, 4.69) is 20.6 Å². The maximum Gasteiger partial charge on any atom is 0.264 e. The average Bonchev–Trinajstić information content (AvgIpc) is 3.12. The molecule has 3 N–H and O–H groups in total. The molecule has 0 saturated carbocycles. The first-order valence-electron chi connectivity index (χ1n) is 6.91. The van der Waals surface area contributed by atoms with Crippen molar-refractivity contribution in [3.63, 3.8) is 0 Å². The molecule has 1 saturated heterocycles. The van der Waals surface area contributed by atoms with Gasteiger partial charge in [-0.05, 0) is 54.2 Å². The van der Waals surface area contributed by atoms with Gasteiger partial charge in [-0.2, -0.15) is 0 Å². The van der Waals surface area contributed by atoms with E-state index in [1.54, 1.807) is 36.5 Å². The summed E-state index contributed by atoms with van der Waals surface area (Å²) in [5.74, 6) is -0.292. The number of carbonyl (C=O) groups is 2. The molecule has 0 bridgehead atoms. The molecule has 2 heterocycles. The summed E-state index contributed by atoms with van der Waals surface area (Å²) in [6.45, 7) is 1.46. The smallest absolute Gasteiger partial charge is 0.264 e. The lowest BCUT2D eigenvalue weighted by atomic mass is 10.3. The van der Waals surface area contributed by atoms with E-state index < -0.39 is 0 Å². The first kappa shape index (κ1) is 15.1. The van der Waals surface area contributed by atoms with Crippen LogP contribution in [-0.2, 0) is 9.59 Å². The second kappa shape index (κ2) is 6.53. The second-order valence-electron chi connectivity index (χ2n) is 4.84. The second-order valence-corrected chi connectivity index (χ2v) is 5.87. The van der Waals surface area contributed by atoms with Gasteiger partial charge >= 0.3 is 0 Å². The van der Waals surface area contributed by atoms with E-state index in [0.29, 0.717) is 21.4 Å². The molecular formula is C16H14N4O2S. The lowest BCUT2D eigenvalue weighted by Gasteiger charge is -2.02. The van der Waals surface area contributed by atoms with Gasteiger partial charge in [0.2, 0.25) is 5.91 Å². The van der Waals surface area contributed by atoms with Gasteiger partial charge in [0.15, 0.2) is 5.17 Å². The highest BCUT2D eigenvalue weighted by Crippen LogP contribution is 2.28. The van der Waals surface area contributed by atoms with Gasteiger partial charge in [-0.3, -0.25) is 9.59 Å². The Balaban J connectivity index is 1.74. The topological polar surface area (TPSA) is 86.3 Å². The van der Waals surface area contributed by atoms with Crippen LogP contribution in [0.2, 0.25) is 0 Å². The predicted octanol–water partition coefficient (Wildman–Crippen LogP) is 2.86. The minimum atomic E-state index is -0.168. The molecule has 0 spiro atoms. The Hall–Kier alpha value is -2.80. The molecule has 0 atom stereocenters. The normalized spacial score (nSPS) is 17.5. The fourth-order valence-electron chi connectivity index (χ4n) is 2.00. The Bertz CT molecular complexity index is 792. The third-order valence-corrected chi connectivity index (χ3v) is 3.89. The van der Waals surface area contributed by atoms with Crippen LogP contribution in [0.4, 0.5) is 11.4 Å². The van der Waals surface area contributed by atoms with Gasteiger partial charge in [0, 0.05) is 24.5 Å². The maximum absolute atomic E-state index is 11.9. The van der Waals surface area contributed by atoms with Crippen molar-refractivity contribution in [2.24, 2.45) is 4.99 Å². The molecule has 1 fully saturated rings. The summed E-state index contributed by atoms with van der Waals surface area (Å²) in [7, 11) is 0. The highest BCUT2D eigenvalue weighted by atomic mass is 32.2. The number of anilines is 1. The largest absolute Gasteiger partial charge is 0.362 e. The third kappa shape index (κ3) is 3.89. The summed E-state index contributed by atoms with van der Waals surface area (Å²) in [6, 6.07) is 10.8. The van der Waals surface area contributed by atoms with Crippen LogP contribution >= 0.6 is 11.8 Å². The predicted molar refractivity (Wildman–Crippen MR) is 92.3 cm³/mol. The molecule has 2 aromatic rings. The van der Waals surface area contributed by atoms with E-state index in [-0.39, 0.29) is 11.8 Å². The van der Waals surface area contributed by atoms with Gasteiger partial charge < -0.3 is 15.6 Å². The fourth-order valence-corrected chi connectivity index (χ4v) is 2.83. The van der Waals surface area contributed by atoms with Crippen molar-refractivity contribution in [2.45, 2.75) is 6.92 Å². The van der Waals surface area contributed by atoms with Crippen LogP contribution in [0, 0.1) is 0 Å². The summed E-state index contributed by atoms with van der Waals surface area (Å²) >= 11 is 1.29. The highest BCUT2D eigenvalue weighted by molar-refractivity contribution is 8.18. The van der Waals surface area contributed by atoms with Crippen LogP contribution in [-0.4, -0.2) is 22.0 Å². The Morgan fingerprint density at radius 1 is 1.26 bits per heavy atom. The lowest BCUT2D eigenvalue weighted by molar-refractivity contribution is -0.115. The molecule has 1 aliphatic heterocycles. The number of nitrogens with zero attached hydrogens (tertiary/aromatic N) is 1. The number of aliphatic imine (C=N–C) groups is 1. The summed E-state index contributed by atoms with van der Waals surface area (Å²) < 4.78 is 0. The third-order valence-electron chi connectivity index (χ3n) is 2.98. The lowest BCUT2D eigenvalue weighted by Crippen LogP contribution is -2.19. The highest BCUT2D eigenvalue weighted by Gasteiger charge is 2.23. The fraction of sp³-hybridized carbons (Fsp3) is 0.0625. The first-order chi connectivity index (χ1) is 11.1. The number of thioether (sulfide) groups is 1. The Morgan fingerprint density at radius 3 is 2.70 bits per heavy atom. The van der Waals surface area contributed by atoms with Crippen molar-refractivity contribution in [1.82, 2.24) is 10.3 Å². The first-order valence-corrected chi connectivity index (χ1v) is 7.72. The molecule has 7 heteroatoms. The molecule has 0 unspecified atom stereocenters. The minimum absolute atomic E-state index is 0.123. The summed E-state index contributed by atoms with van der Waals surface area (Å²) in [4.78, 5) is 30.9. The van der Waals surface area contributed by atoms with Crippen molar-refractivity contribution >= 4 is 46.2 Å². The van der Waals surface area contributed by atoms with Crippen molar-refractivity contribution in [3.05, 3.63) is 53.2 Å². The van der Waals surface area contributed by atoms with Gasteiger partial charge in [0.25, 0.3) is 5.91 Å². The number of carbonyl (C=O) groups excluding carboxylic acids is 2. The Morgan fingerprint density at radius 2 is 2.04 bits per heavy atom. The quantitative estimate of drug-likeness (QED) is 0.758. The van der Waals surface area contributed by atoms with E-state index in [9.17, 15) is 9.59 Å². The molecule has 116 valence electrons. The van der Waals surface area contributed by atoms with E-state index in [1.165, 1.54) is 18.7 Å². The van der Waals surface area contributed by atoms with Crippen molar-refractivity contribution in [3.8, 4) is 0 Å². The van der Waals surface area contributed by atoms with E-state index >= 15 is 0 Å². The van der Waals surface area contributed by atoms with Gasteiger partial charge in [-0.1, -0.05) is 0 Å². The molecule has 1 aromatic heterocycles. The number of benzene rings is 1. The molecule has 1 aliphatic rings. The van der Waals surface area contributed by atoms with E-state index in [1.807, 2.05) is 12.1 Å². The monoisotopic (exact) mass is 326 g/mol. The number of hydrogen-bond acceptors (Lipinski definition) is 4. The number of H-pyrrole nitrogens is 1. The molecular weight excluding hydrogens is 312 g/mol. The molecule has 6 nitrogen and oxygen atoms in total. The summed E-state index contributed by atoms with van der Waals surface area (Å²) in [5, 5.41) is 5.95. The Labute approximate surface area is 137 Å². The molecule has 1 aromatic carbocycles. The van der Waals surface area contributed by atoms with Gasteiger partial charge in [-0.25, -0.2) is 4.99 Å². The molecule has 0 aliphatic carbocycles. The van der Waals surface area contributed by atoms with E-state index in [0.717, 1.165) is 5.69 Å². The number of hydrogen-bond donors (Lipinski definition) is 3. The molecule has 2 amide bonds. The standard InChI is InChI=1S/C16H14N4O2S/c1-10(21)18-11-4-6-12(7-5-11)19-16-20-15(22)14(23-16)9-13-3-2-8-17-13/h2-9,17H,1H3,(H,18,21)(H,19,20,22). The SMILES string of the molecule is CC(=O)Nc1ccc(N=C2NC(=O)C(=Cc3ccc[nH]3)S2)cc1. The summed E-state index contributed by atoms with van der Waals surface area (Å²) in [5.41, 5.74) is 2.27. The van der Waals surface area contributed by atoms with Crippen molar-refractivity contribution < 1.29 is 9.59 Å². The van der Waals surface area contributed by atoms with Crippen LogP contribution in [0.3, 0.4) is 0 Å². The zero-order valence-corrected chi connectivity index (χ0v) is 13.1. The number of amidine groups is 1. The van der Waals surface area contributed by atoms with E-state index in [4.69, 9.17) is 0 Å². The van der Waals surface area contributed by atoms with Crippen molar-refractivity contribution in [2.75, 3.05) is 5.32 Å². The molecule has 0 radical (unpaired) electrons. The van der Waals surface area contributed by atoms with Gasteiger partial charge in [-0.15, -0.1) is 0 Å². The number of amides is 2. The number of aromatic amines is 1. The van der Waals surface area contributed by atoms with Crippen LogP contribution in [0.15, 0.2) is 52.5 Å². The van der Waals surface area contributed by atoms with Gasteiger partial charge in [0.05, 0.1) is 10.6 Å². The maximum atomic E-state index is 11.9. The van der Waals surface area contributed by atoms with Crippen LogP contribution in [0.25, 0.3) is 6.08 Å². The van der Waals surface area contributed by atoms with Gasteiger partial charge in [0.1, 0.15) is 0 Å². The van der Waals surface area contributed by atoms with Crippen LogP contribution in [0.5, 0.6) is 0 Å². The summed E-state index contributed by atoms with van der Waals surface area (Å²) in [6.07, 6.45) is 3.58. The number of rotatable bonds is 3. The van der Waals surface area contributed by atoms with Crippen LogP contribution in [0.1, 0.15) is 12.6 Å².